The van der Waals surface area contributed by atoms with Crippen LogP contribution in [0, 0.1) is 0 Å². The van der Waals surface area contributed by atoms with Crippen molar-refractivity contribution in [3.8, 4) is 0 Å². The number of nitrogens with one attached hydrogen (secondary N) is 1. The summed E-state index contributed by atoms with van der Waals surface area (Å²) >= 11 is 0. The Labute approximate surface area is 120 Å². The van der Waals surface area contributed by atoms with Gasteiger partial charge < -0.3 is 10.4 Å². The van der Waals surface area contributed by atoms with Gasteiger partial charge in [0.15, 0.2) is 0 Å². The maximum absolute atomic E-state index is 12.2. The molecule has 0 aliphatic heterocycles. The van der Waals surface area contributed by atoms with E-state index in [4.69, 9.17) is 0 Å². The number of hydrogen-bond acceptors (Lipinski definition) is 3. The van der Waals surface area contributed by atoms with Crippen LogP contribution in [0.2, 0.25) is 0 Å². The smallest absolute Gasteiger partial charge is 0.223 e. The number of nitrogens with zero attached hydrogens (tertiary/aromatic N) is 1. The quantitative estimate of drug-likeness (QED) is 0.869. The van der Waals surface area contributed by atoms with E-state index in [0.717, 1.165) is 37.7 Å². The van der Waals surface area contributed by atoms with E-state index in [1.54, 1.807) is 12.4 Å². The molecule has 0 aromatic carbocycles. The molecule has 1 aromatic rings. The molecule has 4 nitrogen and oxygen atoms in total. The van der Waals surface area contributed by atoms with E-state index in [-0.39, 0.29) is 18.4 Å². The summed E-state index contributed by atoms with van der Waals surface area (Å²) in [5.74, 6) is -0.0573. The van der Waals surface area contributed by atoms with Crippen LogP contribution in [0.25, 0.3) is 0 Å². The topological polar surface area (TPSA) is 62.2 Å². The average Bonchev–Trinajstić information content (AvgIpc) is 2.46. The number of aromatic nitrogens is 1. The Balaban J connectivity index is 1.92. The maximum atomic E-state index is 12.2. The molecule has 1 atom stereocenters. The highest BCUT2D eigenvalue weighted by atomic mass is 16.3. The summed E-state index contributed by atoms with van der Waals surface area (Å²) in [6.07, 6.45) is 9.20. The van der Waals surface area contributed by atoms with Crippen LogP contribution in [0.4, 0.5) is 0 Å². The summed E-state index contributed by atoms with van der Waals surface area (Å²) in [5, 5.41) is 13.5. The van der Waals surface area contributed by atoms with E-state index >= 15 is 0 Å². The second kappa shape index (κ2) is 6.84. The van der Waals surface area contributed by atoms with E-state index in [0.29, 0.717) is 0 Å². The van der Waals surface area contributed by atoms with Crippen LogP contribution >= 0.6 is 0 Å². The lowest BCUT2D eigenvalue weighted by Gasteiger charge is -2.32. The zero-order chi connectivity index (χ0) is 14.4. The predicted molar refractivity (Wildman–Crippen MR) is 78.1 cm³/mol. The number of amides is 1. The summed E-state index contributed by atoms with van der Waals surface area (Å²) < 4.78 is 0. The molecule has 0 spiro atoms. The van der Waals surface area contributed by atoms with Crippen LogP contribution in [0.1, 0.15) is 63.5 Å². The van der Waals surface area contributed by atoms with Gasteiger partial charge in [-0.2, -0.15) is 0 Å². The van der Waals surface area contributed by atoms with Gasteiger partial charge in [0.1, 0.15) is 0 Å². The third-order valence-electron chi connectivity index (χ3n) is 4.13. The molecule has 1 amide bonds. The number of pyridine rings is 1. The standard InChI is InChI=1S/C16H24N2O2/c1-2-14(13-6-10-17-11-7-13)18-15(19)12-16(20)8-4-3-5-9-16/h6-7,10-11,14,20H,2-5,8-9,12H2,1H3,(H,18,19). The first kappa shape index (κ1) is 15.0. The van der Waals surface area contributed by atoms with Crippen molar-refractivity contribution in [2.45, 2.75) is 63.5 Å². The summed E-state index contributed by atoms with van der Waals surface area (Å²) in [7, 11) is 0. The number of aliphatic hydroxyl groups is 1. The number of carbonyl (C=O) groups is 1. The van der Waals surface area contributed by atoms with Gasteiger partial charge in [0.25, 0.3) is 0 Å². The van der Waals surface area contributed by atoms with Gasteiger partial charge in [0, 0.05) is 12.4 Å². The molecule has 0 bridgehead atoms. The van der Waals surface area contributed by atoms with Crippen LogP contribution in [0.3, 0.4) is 0 Å². The third kappa shape index (κ3) is 4.04. The van der Waals surface area contributed by atoms with E-state index in [1.165, 1.54) is 6.42 Å². The number of carbonyl (C=O) groups excluding carboxylic acids is 1. The molecule has 1 fully saturated rings. The Morgan fingerprint density at radius 2 is 2.00 bits per heavy atom. The van der Waals surface area contributed by atoms with E-state index in [1.807, 2.05) is 19.1 Å². The fourth-order valence-electron chi connectivity index (χ4n) is 2.95. The lowest BCUT2D eigenvalue weighted by molar-refractivity contribution is -0.128. The first-order valence-corrected chi connectivity index (χ1v) is 7.55. The zero-order valence-corrected chi connectivity index (χ0v) is 12.1. The minimum Gasteiger partial charge on any atom is -0.389 e. The van der Waals surface area contributed by atoms with E-state index in [2.05, 4.69) is 10.3 Å². The van der Waals surface area contributed by atoms with Crippen LogP contribution in [-0.4, -0.2) is 21.6 Å². The monoisotopic (exact) mass is 276 g/mol. The number of rotatable bonds is 5. The minimum atomic E-state index is -0.793. The first-order valence-electron chi connectivity index (χ1n) is 7.55. The van der Waals surface area contributed by atoms with Gasteiger partial charge >= 0.3 is 0 Å². The largest absolute Gasteiger partial charge is 0.389 e. The van der Waals surface area contributed by atoms with Crippen molar-refractivity contribution in [1.82, 2.24) is 10.3 Å². The molecule has 2 rings (SSSR count). The van der Waals surface area contributed by atoms with Crippen molar-refractivity contribution in [3.05, 3.63) is 30.1 Å². The molecule has 2 N–H and O–H groups in total. The highest BCUT2D eigenvalue weighted by Crippen LogP contribution is 2.31. The van der Waals surface area contributed by atoms with Crippen molar-refractivity contribution in [1.29, 1.82) is 0 Å². The van der Waals surface area contributed by atoms with Crippen LogP contribution in [-0.2, 0) is 4.79 Å². The summed E-state index contributed by atoms with van der Waals surface area (Å²) in [5.41, 5.74) is 0.269. The van der Waals surface area contributed by atoms with Gasteiger partial charge in [0.2, 0.25) is 5.91 Å². The Kier molecular flexibility index (Phi) is 5.12. The SMILES string of the molecule is CCC(NC(=O)CC1(O)CCCCC1)c1ccncc1. The molecule has 1 aromatic heterocycles. The van der Waals surface area contributed by atoms with Gasteiger partial charge in [-0.1, -0.05) is 26.2 Å². The van der Waals surface area contributed by atoms with Crippen LogP contribution < -0.4 is 5.32 Å². The second-order valence-corrected chi connectivity index (χ2v) is 5.77. The van der Waals surface area contributed by atoms with Crippen molar-refractivity contribution < 1.29 is 9.90 Å². The molecular weight excluding hydrogens is 252 g/mol. The number of hydrogen-bond donors (Lipinski definition) is 2. The second-order valence-electron chi connectivity index (χ2n) is 5.77. The molecule has 1 aliphatic rings. The summed E-state index contributed by atoms with van der Waals surface area (Å²) in [4.78, 5) is 16.2. The fourth-order valence-corrected chi connectivity index (χ4v) is 2.95. The molecule has 4 heteroatoms. The zero-order valence-electron chi connectivity index (χ0n) is 12.1. The van der Waals surface area contributed by atoms with Crippen molar-refractivity contribution in [3.63, 3.8) is 0 Å². The van der Waals surface area contributed by atoms with Gasteiger partial charge in [-0.3, -0.25) is 9.78 Å². The predicted octanol–water partition coefficient (Wildman–Crippen LogP) is 2.73. The fraction of sp³-hybridized carbons (Fsp3) is 0.625. The Morgan fingerprint density at radius 1 is 1.35 bits per heavy atom. The van der Waals surface area contributed by atoms with Crippen molar-refractivity contribution in [2.24, 2.45) is 0 Å². The van der Waals surface area contributed by atoms with E-state index in [9.17, 15) is 9.90 Å². The Hall–Kier alpha value is -1.42. The molecule has 110 valence electrons. The van der Waals surface area contributed by atoms with Gasteiger partial charge in [-0.05, 0) is 37.0 Å². The molecule has 1 unspecified atom stereocenters. The van der Waals surface area contributed by atoms with Gasteiger partial charge in [-0.15, -0.1) is 0 Å². The molecule has 1 saturated carbocycles. The van der Waals surface area contributed by atoms with Gasteiger partial charge in [0.05, 0.1) is 18.1 Å². The van der Waals surface area contributed by atoms with E-state index < -0.39 is 5.60 Å². The third-order valence-corrected chi connectivity index (χ3v) is 4.13. The molecule has 20 heavy (non-hydrogen) atoms. The minimum absolute atomic E-state index is 0.00214. The van der Waals surface area contributed by atoms with Gasteiger partial charge in [-0.25, -0.2) is 0 Å². The lowest BCUT2D eigenvalue weighted by Crippen LogP contribution is -2.39. The highest BCUT2D eigenvalue weighted by Gasteiger charge is 2.32. The Bertz CT molecular complexity index is 427. The lowest BCUT2D eigenvalue weighted by atomic mass is 9.82. The molecule has 1 heterocycles. The van der Waals surface area contributed by atoms with Crippen molar-refractivity contribution >= 4 is 5.91 Å². The average molecular weight is 276 g/mol. The molecular formula is C16H24N2O2. The molecule has 0 radical (unpaired) electrons. The summed E-state index contributed by atoms with van der Waals surface area (Å²) in [6.45, 7) is 2.04. The van der Waals surface area contributed by atoms with Crippen LogP contribution in [0.5, 0.6) is 0 Å². The highest BCUT2D eigenvalue weighted by molar-refractivity contribution is 5.77. The van der Waals surface area contributed by atoms with Crippen LogP contribution in [0.15, 0.2) is 24.5 Å². The Morgan fingerprint density at radius 3 is 2.60 bits per heavy atom. The summed E-state index contributed by atoms with van der Waals surface area (Å²) in [6, 6.07) is 3.84. The van der Waals surface area contributed by atoms with Crippen molar-refractivity contribution in [2.75, 3.05) is 0 Å². The first-order chi connectivity index (χ1) is 9.63. The molecule has 0 saturated heterocycles. The maximum Gasteiger partial charge on any atom is 0.223 e. The molecule has 1 aliphatic carbocycles. The normalized spacial score (nSPS) is 19.3.